The Morgan fingerprint density at radius 3 is 2.36 bits per heavy atom. The first kappa shape index (κ1) is 35.6. The number of nitrogens with one attached hydrogen (secondary N) is 2. The molecule has 0 spiro atoms. The molecule has 242 valence electrons. The van der Waals surface area contributed by atoms with Crippen LogP contribution >= 0.6 is 0 Å². The van der Waals surface area contributed by atoms with Crippen LogP contribution in [0, 0.1) is 14.4 Å². The molecule has 2 N–H and O–H groups in total. The number of methoxy groups -OCH3 is 1. The van der Waals surface area contributed by atoms with Crippen molar-refractivity contribution in [3.8, 4) is 17.2 Å². The zero-order chi connectivity index (χ0) is 30.6. The third-order valence-electron chi connectivity index (χ3n) is 7.44. The van der Waals surface area contributed by atoms with E-state index in [1.807, 2.05) is 49.4 Å². The third kappa shape index (κ3) is 8.88. The average molecular weight is 703 g/mol. The fraction of sp³-hybridized carbons (Fsp3) is 0.343. The number of benzene rings is 2. The molecule has 4 aromatic rings. The topological polar surface area (TPSA) is 107 Å². The number of fused-ring (bicyclic) bond motifs is 1. The van der Waals surface area contributed by atoms with Gasteiger partial charge in [0, 0.05) is 62.5 Å². The van der Waals surface area contributed by atoms with Gasteiger partial charge in [-0.15, -0.1) is 0 Å². The summed E-state index contributed by atoms with van der Waals surface area (Å²) in [6.45, 7) is 8.39. The number of anilines is 2. The molecule has 9 nitrogen and oxygen atoms in total. The maximum absolute atomic E-state index is 13.4. The number of amides is 2. The van der Waals surface area contributed by atoms with Gasteiger partial charge < -0.3 is 22.2 Å². The Hall–Kier alpha value is -3.84. The Morgan fingerprint density at radius 2 is 1.67 bits per heavy atom. The summed E-state index contributed by atoms with van der Waals surface area (Å²) in [5.74, 6) is 1.90. The van der Waals surface area contributed by atoms with E-state index in [9.17, 15) is 9.59 Å². The first-order chi connectivity index (χ1) is 20.6. The zero-order valence-corrected chi connectivity index (χ0v) is 28.4. The minimum Gasteiger partial charge on any atom is -0.457 e. The molecule has 0 aliphatic heterocycles. The van der Waals surface area contributed by atoms with E-state index in [0.717, 1.165) is 65.2 Å². The fourth-order valence-corrected chi connectivity index (χ4v) is 5.19. The van der Waals surface area contributed by atoms with Crippen LogP contribution in [0.4, 0.5) is 16.3 Å². The van der Waals surface area contributed by atoms with E-state index >= 15 is 0 Å². The summed E-state index contributed by atoms with van der Waals surface area (Å²) in [5, 5.41) is 10.9. The van der Waals surface area contributed by atoms with E-state index in [0.29, 0.717) is 17.3 Å². The number of nitrogens with zero attached hydrogens (tertiary/aromatic N) is 3. The summed E-state index contributed by atoms with van der Waals surface area (Å²) in [6, 6.07) is 17.0. The van der Waals surface area contributed by atoms with Crippen molar-refractivity contribution in [2.75, 3.05) is 24.4 Å². The van der Waals surface area contributed by atoms with E-state index in [4.69, 9.17) is 14.6 Å². The first-order valence-electron chi connectivity index (χ1n) is 14.6. The van der Waals surface area contributed by atoms with E-state index in [1.54, 1.807) is 23.0 Å². The number of pyridine rings is 1. The Morgan fingerprint density at radius 1 is 0.956 bits per heavy atom. The monoisotopic (exact) mass is 702 g/mol. The van der Waals surface area contributed by atoms with Crippen molar-refractivity contribution in [1.29, 1.82) is 0 Å². The molecule has 0 saturated carbocycles. The second kappa shape index (κ2) is 15.4. The summed E-state index contributed by atoms with van der Waals surface area (Å²) < 4.78 is 13.0. The predicted octanol–water partition coefficient (Wildman–Crippen LogP) is 7.39. The number of carbonyl (C=O) groups is 2. The molecule has 0 fully saturated rings. The molecule has 10 heteroatoms. The minimum absolute atomic E-state index is 0. The number of hydrogen-bond acceptors (Lipinski definition) is 6. The molecule has 5 rings (SSSR count). The molecule has 2 aromatic carbocycles. The number of rotatable bonds is 9. The van der Waals surface area contributed by atoms with Gasteiger partial charge in [-0.2, -0.15) is 5.10 Å². The predicted molar refractivity (Wildman–Crippen MR) is 174 cm³/mol. The van der Waals surface area contributed by atoms with Gasteiger partial charge in [-0.3, -0.25) is 15.1 Å². The maximum Gasteiger partial charge on any atom is 0.324 e. The van der Waals surface area contributed by atoms with Crippen LogP contribution in [-0.4, -0.2) is 40.3 Å². The number of Topliss-reactive ketones (excluding diaryl/α,β-unsaturated/α-hetero) is 1. The molecule has 0 atom stereocenters. The standard InChI is InChI=1S/C34H39N5O4.CH3.Pd/c1-22-10-12-24(13-11-22)39-32(20-31(38-39)34(2,3)4)37-33(41)36-29-14-15-30(28-9-7-6-8-27(28)29)43-26-16-17-35-23(19-26)18-25(40)21-42-5;;/h10-17,19-20H,6-9,18,21H2,1-5H3,(H2,36,37,41);1H3;/q;-1;. The largest absolute Gasteiger partial charge is 0.457 e. The van der Waals surface area contributed by atoms with Gasteiger partial charge >= 0.3 is 6.03 Å². The van der Waals surface area contributed by atoms with Gasteiger partial charge in [0.25, 0.3) is 0 Å². The smallest absolute Gasteiger partial charge is 0.324 e. The minimum atomic E-state index is -0.338. The second-order valence-corrected chi connectivity index (χ2v) is 12.0. The van der Waals surface area contributed by atoms with Gasteiger partial charge in [0.05, 0.1) is 23.5 Å². The summed E-state index contributed by atoms with van der Waals surface area (Å²) >= 11 is 0. The molecular weight excluding hydrogens is 661 g/mol. The van der Waals surface area contributed by atoms with E-state index in [-0.39, 0.29) is 58.1 Å². The van der Waals surface area contributed by atoms with Crippen molar-refractivity contribution >= 4 is 23.3 Å². The number of aryl methyl sites for hydroxylation is 1. The molecule has 2 aromatic heterocycles. The Bertz CT molecular complexity index is 1630. The van der Waals surface area contributed by atoms with Gasteiger partial charge in [0.2, 0.25) is 0 Å². The Balaban J connectivity index is 0.00000276. The van der Waals surface area contributed by atoms with E-state index in [1.165, 1.54) is 7.11 Å². The van der Waals surface area contributed by atoms with E-state index < -0.39 is 0 Å². The first-order valence-corrected chi connectivity index (χ1v) is 14.6. The summed E-state index contributed by atoms with van der Waals surface area (Å²) in [5.41, 5.74) is 6.26. The van der Waals surface area contributed by atoms with Crippen LogP contribution in [-0.2, 0) is 54.6 Å². The number of urea groups is 1. The molecule has 45 heavy (non-hydrogen) atoms. The van der Waals surface area contributed by atoms with Crippen LogP contribution in [0.5, 0.6) is 11.5 Å². The Labute approximate surface area is 279 Å². The molecule has 0 unspecified atom stereocenters. The molecular formula is C35H42N5O4Pd-. The van der Waals surface area contributed by atoms with Crippen LogP contribution in [0.1, 0.15) is 61.7 Å². The molecule has 2 amide bonds. The van der Waals surface area contributed by atoms with Crippen molar-refractivity contribution in [2.24, 2.45) is 0 Å². The molecule has 0 radical (unpaired) electrons. The normalized spacial score (nSPS) is 12.3. The van der Waals surface area contributed by atoms with Gasteiger partial charge in [0.1, 0.15) is 23.9 Å². The number of hydrogen-bond donors (Lipinski definition) is 2. The van der Waals surface area contributed by atoms with Crippen molar-refractivity contribution < 1.29 is 39.5 Å². The maximum atomic E-state index is 13.4. The van der Waals surface area contributed by atoms with Gasteiger partial charge in [-0.25, -0.2) is 9.48 Å². The SMILES string of the molecule is COCC(=O)Cc1cc(Oc2ccc(NC(=O)Nc3cc(C(C)(C)C)nn3-c3ccc(C)cc3)c3c2CCCC3)ccn1.[CH3-].[Pd]. The van der Waals surface area contributed by atoms with Crippen LogP contribution < -0.4 is 15.4 Å². The van der Waals surface area contributed by atoms with Crippen molar-refractivity contribution in [1.82, 2.24) is 14.8 Å². The molecule has 1 aliphatic rings. The van der Waals surface area contributed by atoms with Gasteiger partial charge in [-0.05, 0) is 68.5 Å². The fourth-order valence-electron chi connectivity index (χ4n) is 5.19. The van der Waals surface area contributed by atoms with E-state index in [2.05, 4.69) is 36.4 Å². The van der Waals surface area contributed by atoms with Crippen molar-refractivity contribution in [3.63, 3.8) is 0 Å². The molecule has 0 bridgehead atoms. The van der Waals surface area contributed by atoms with Crippen LogP contribution in [0.25, 0.3) is 5.69 Å². The number of ketones is 1. The van der Waals surface area contributed by atoms with Crippen molar-refractivity contribution in [2.45, 2.75) is 65.2 Å². The van der Waals surface area contributed by atoms with Gasteiger partial charge in [0.15, 0.2) is 5.78 Å². The molecule has 0 saturated heterocycles. The zero-order valence-electron chi connectivity index (χ0n) is 26.8. The van der Waals surface area contributed by atoms with Crippen LogP contribution in [0.2, 0.25) is 0 Å². The second-order valence-electron chi connectivity index (χ2n) is 12.0. The summed E-state index contributed by atoms with van der Waals surface area (Å²) in [6.07, 6.45) is 5.58. The third-order valence-corrected chi connectivity index (χ3v) is 7.44. The molecule has 1 aliphatic carbocycles. The molecule has 2 heterocycles. The summed E-state index contributed by atoms with van der Waals surface area (Å²) in [4.78, 5) is 29.7. The number of aromatic nitrogens is 3. The summed E-state index contributed by atoms with van der Waals surface area (Å²) in [7, 11) is 1.50. The number of carbonyl (C=O) groups excluding carboxylic acids is 2. The average Bonchev–Trinajstić information content (AvgIpc) is 3.39. The Kier molecular flexibility index (Phi) is 12.2. The van der Waals surface area contributed by atoms with Crippen LogP contribution in [0.3, 0.4) is 0 Å². The van der Waals surface area contributed by atoms with Crippen LogP contribution in [0.15, 0.2) is 60.8 Å². The quantitative estimate of drug-likeness (QED) is 0.139. The van der Waals surface area contributed by atoms with Crippen molar-refractivity contribution in [3.05, 3.63) is 96.3 Å². The number of ether oxygens (including phenoxy) is 2. The van der Waals surface area contributed by atoms with Gasteiger partial charge in [-0.1, -0.05) is 38.5 Å².